The van der Waals surface area contributed by atoms with Crippen molar-refractivity contribution in [3.05, 3.63) is 172 Å². The maximum atomic E-state index is 12.0. The first-order chi connectivity index (χ1) is 21.6. The molecule has 0 aliphatic heterocycles. The van der Waals surface area contributed by atoms with Crippen LogP contribution in [0.3, 0.4) is 0 Å². The minimum Gasteiger partial charge on any atom is -0.326 e. The van der Waals surface area contributed by atoms with Gasteiger partial charge in [0.15, 0.2) is 0 Å². The Morgan fingerprint density at radius 1 is 0.522 bits per heavy atom. The monoisotopic (exact) mass is 650 g/mol. The van der Waals surface area contributed by atoms with E-state index in [0.29, 0.717) is 12.1 Å². The molecule has 0 amide bonds. The van der Waals surface area contributed by atoms with Gasteiger partial charge in [0.05, 0.1) is 10.5 Å². The summed E-state index contributed by atoms with van der Waals surface area (Å²) in [6.07, 6.45) is -4.22. The van der Waals surface area contributed by atoms with Gasteiger partial charge in [0.25, 0.3) is 0 Å². The summed E-state index contributed by atoms with van der Waals surface area (Å²) in [4.78, 5) is 0.194. The zero-order valence-corrected chi connectivity index (χ0v) is 28.2. The molecular weight excluding hydrogens is 605 g/mol. The molecule has 0 radical (unpaired) electrons. The van der Waals surface area contributed by atoms with Gasteiger partial charge in [-0.15, -0.1) is 0 Å². The number of nitrogens with two attached hydrogens (primary N) is 2. The van der Waals surface area contributed by atoms with E-state index in [4.69, 9.17) is 10.9 Å². The van der Waals surface area contributed by atoms with Gasteiger partial charge in [-0.05, 0) is 87.1 Å². The average molecular weight is 651 g/mol. The highest BCUT2D eigenvalue weighted by molar-refractivity contribution is 7.89. The molecule has 8 heteroatoms. The second-order valence-corrected chi connectivity index (χ2v) is 12.0. The summed E-state index contributed by atoms with van der Waals surface area (Å²) in [5.74, 6) is 0. The molecule has 0 aromatic heterocycles. The molecule has 0 fully saturated rings. The lowest BCUT2D eigenvalue weighted by atomic mass is 10.1. The van der Waals surface area contributed by atoms with Crippen LogP contribution in [-0.2, 0) is 22.7 Å². The SMILES string of the molecule is Cc1ccccc1.Cc1ccccc1C.Cc1ccccc1C(F)(F)F.Cc1ccccc1CN.Cc1ccccc1S(N)(=O)=O. The van der Waals surface area contributed by atoms with Crippen molar-refractivity contribution in [1.82, 2.24) is 0 Å². The zero-order valence-electron chi connectivity index (χ0n) is 27.3. The van der Waals surface area contributed by atoms with E-state index in [9.17, 15) is 21.6 Å². The van der Waals surface area contributed by atoms with Gasteiger partial charge in [0.2, 0.25) is 10.0 Å². The predicted octanol–water partition coefficient (Wildman–Crippen LogP) is 9.41. The first-order valence-electron chi connectivity index (χ1n) is 14.6. The highest BCUT2D eigenvalue weighted by atomic mass is 32.2. The molecule has 246 valence electrons. The molecule has 0 saturated heterocycles. The lowest BCUT2D eigenvalue weighted by Gasteiger charge is -2.08. The largest absolute Gasteiger partial charge is 0.416 e. The van der Waals surface area contributed by atoms with Crippen LogP contribution >= 0.6 is 0 Å². The Balaban J connectivity index is 0.000000290. The van der Waals surface area contributed by atoms with Gasteiger partial charge in [0, 0.05) is 6.54 Å². The average Bonchev–Trinajstić information content (AvgIpc) is 3.00. The minimum absolute atomic E-state index is 0.194. The van der Waals surface area contributed by atoms with Crippen molar-refractivity contribution in [2.75, 3.05) is 0 Å². The van der Waals surface area contributed by atoms with Crippen molar-refractivity contribution >= 4 is 10.0 Å². The number of hydrogen-bond acceptors (Lipinski definition) is 3. The molecule has 4 nitrogen and oxygen atoms in total. The molecule has 0 bridgehead atoms. The third-order valence-electron chi connectivity index (χ3n) is 6.70. The van der Waals surface area contributed by atoms with E-state index in [2.05, 4.69) is 76.2 Å². The fraction of sp³-hybridized carbons (Fsp3) is 0.211. The topological polar surface area (TPSA) is 86.2 Å². The Hall–Kier alpha value is -4.24. The highest BCUT2D eigenvalue weighted by Crippen LogP contribution is 2.31. The number of benzene rings is 5. The van der Waals surface area contributed by atoms with Crippen molar-refractivity contribution in [2.45, 2.75) is 59.2 Å². The lowest BCUT2D eigenvalue weighted by Crippen LogP contribution is -2.13. The Morgan fingerprint density at radius 3 is 1.20 bits per heavy atom. The molecule has 5 rings (SSSR count). The van der Waals surface area contributed by atoms with E-state index in [1.54, 1.807) is 31.2 Å². The van der Waals surface area contributed by atoms with Crippen LogP contribution in [0.25, 0.3) is 0 Å². The van der Waals surface area contributed by atoms with Gasteiger partial charge in [-0.25, -0.2) is 13.6 Å². The smallest absolute Gasteiger partial charge is 0.326 e. The van der Waals surface area contributed by atoms with Gasteiger partial charge in [0.1, 0.15) is 0 Å². The van der Waals surface area contributed by atoms with Crippen LogP contribution in [0.5, 0.6) is 0 Å². The lowest BCUT2D eigenvalue weighted by molar-refractivity contribution is -0.138. The summed E-state index contributed by atoms with van der Waals surface area (Å²) in [5.41, 5.74) is 12.4. The zero-order chi connectivity index (χ0) is 34.8. The van der Waals surface area contributed by atoms with Gasteiger partial charge in [-0.3, -0.25) is 0 Å². The summed E-state index contributed by atoms with van der Waals surface area (Å²) < 4.78 is 57.8. The quantitative estimate of drug-likeness (QED) is 0.200. The van der Waals surface area contributed by atoms with Gasteiger partial charge in [-0.1, -0.05) is 121 Å². The molecule has 0 saturated carbocycles. The van der Waals surface area contributed by atoms with Crippen molar-refractivity contribution in [3.8, 4) is 0 Å². The molecule has 5 aromatic rings. The molecule has 0 unspecified atom stereocenters. The minimum atomic E-state index is -4.22. The van der Waals surface area contributed by atoms with Crippen LogP contribution in [0.15, 0.2) is 132 Å². The van der Waals surface area contributed by atoms with Crippen LogP contribution < -0.4 is 10.9 Å². The highest BCUT2D eigenvalue weighted by Gasteiger charge is 2.31. The summed E-state index contributed by atoms with van der Waals surface area (Å²) in [6.45, 7) is 12.2. The van der Waals surface area contributed by atoms with Gasteiger partial charge < -0.3 is 5.73 Å². The molecule has 0 heterocycles. The summed E-state index contributed by atoms with van der Waals surface area (Å²) in [7, 11) is -3.53. The van der Waals surface area contributed by atoms with E-state index in [1.807, 2.05) is 30.3 Å². The first kappa shape index (κ1) is 39.8. The van der Waals surface area contributed by atoms with Crippen LogP contribution in [-0.4, -0.2) is 8.42 Å². The second-order valence-electron chi connectivity index (χ2n) is 10.5. The predicted molar refractivity (Wildman–Crippen MR) is 185 cm³/mol. The van der Waals surface area contributed by atoms with Crippen molar-refractivity contribution < 1.29 is 21.6 Å². The summed E-state index contributed by atoms with van der Waals surface area (Å²) in [6, 6.07) is 38.9. The maximum Gasteiger partial charge on any atom is 0.416 e. The summed E-state index contributed by atoms with van der Waals surface area (Å²) >= 11 is 0. The fourth-order valence-electron chi connectivity index (χ4n) is 3.80. The molecule has 0 aliphatic carbocycles. The van der Waals surface area contributed by atoms with E-state index in [0.717, 1.165) is 6.07 Å². The van der Waals surface area contributed by atoms with E-state index < -0.39 is 21.8 Å². The number of aryl methyl sites for hydroxylation is 6. The Labute approximate surface area is 273 Å². The third-order valence-corrected chi connectivity index (χ3v) is 7.77. The Kier molecular flexibility index (Phi) is 17.3. The normalized spacial score (nSPS) is 10.3. The fourth-order valence-corrected chi connectivity index (χ4v) is 4.59. The van der Waals surface area contributed by atoms with Crippen molar-refractivity contribution in [1.29, 1.82) is 0 Å². The number of alkyl halides is 3. The molecule has 0 atom stereocenters. The second kappa shape index (κ2) is 20.0. The third kappa shape index (κ3) is 15.7. The first-order valence-corrected chi connectivity index (χ1v) is 16.1. The molecule has 4 N–H and O–H groups in total. The van der Waals surface area contributed by atoms with Crippen molar-refractivity contribution in [3.63, 3.8) is 0 Å². The number of halogens is 3. The number of rotatable bonds is 2. The molecule has 5 aromatic carbocycles. The number of hydrogen-bond donors (Lipinski definition) is 2. The number of sulfonamides is 1. The molecular formula is C38H45F3N2O2S. The summed E-state index contributed by atoms with van der Waals surface area (Å²) in [5, 5.41) is 4.93. The van der Waals surface area contributed by atoms with Crippen LogP contribution in [0.4, 0.5) is 13.2 Å². The molecule has 46 heavy (non-hydrogen) atoms. The molecule has 0 aliphatic rings. The Bertz CT molecular complexity index is 1680. The molecule has 0 spiro atoms. The maximum absolute atomic E-state index is 12.0. The van der Waals surface area contributed by atoms with E-state index >= 15 is 0 Å². The van der Waals surface area contributed by atoms with Gasteiger partial charge in [-0.2, -0.15) is 13.2 Å². The van der Waals surface area contributed by atoms with Gasteiger partial charge >= 0.3 is 6.18 Å². The Morgan fingerprint density at radius 2 is 0.913 bits per heavy atom. The van der Waals surface area contributed by atoms with Crippen LogP contribution in [0.1, 0.15) is 44.5 Å². The van der Waals surface area contributed by atoms with Crippen LogP contribution in [0.2, 0.25) is 0 Å². The van der Waals surface area contributed by atoms with E-state index in [1.165, 1.54) is 52.9 Å². The standard InChI is InChI=1S/C8H7F3.C8H11N.C8H10.C7H9NO2S.C7H8/c1-6-4-2-3-5-7(6)8(9,10)11;1-7-4-2-3-5-8(7)6-9;1-7-5-3-4-6-8(7)2;1-6-4-2-3-5-7(6)11(8,9)10;1-7-5-3-2-4-6-7/h2-5H,1H3;2-5H,6,9H2,1H3;3-6H,1-2H3;2-5H,1H3,(H2,8,9,10);2-6H,1H3. The number of primary sulfonamides is 1. The van der Waals surface area contributed by atoms with Crippen molar-refractivity contribution in [2.24, 2.45) is 10.9 Å². The van der Waals surface area contributed by atoms with Crippen LogP contribution in [0, 0.1) is 41.5 Å². The van der Waals surface area contributed by atoms with E-state index in [-0.39, 0.29) is 10.5 Å².